The van der Waals surface area contributed by atoms with E-state index >= 15 is 0 Å². The molecule has 4 aromatic rings. The van der Waals surface area contributed by atoms with Gasteiger partial charge >= 0.3 is 0 Å². The number of nitrogens with zero attached hydrogens (tertiary/aromatic N) is 6. The lowest BCUT2D eigenvalue weighted by molar-refractivity contribution is 0.102. The van der Waals surface area contributed by atoms with Crippen LogP contribution < -0.4 is 5.32 Å². The Morgan fingerprint density at radius 2 is 2.04 bits per heavy atom. The van der Waals surface area contributed by atoms with Gasteiger partial charge in [-0.2, -0.15) is 15.5 Å². The average Bonchev–Trinajstić information content (AvgIpc) is 3.27. The first-order valence-corrected chi connectivity index (χ1v) is 8.20. The summed E-state index contributed by atoms with van der Waals surface area (Å²) in [6, 6.07) is 9.14. The topological polar surface area (TPSA) is 101 Å². The first-order valence-electron chi connectivity index (χ1n) is 8.20. The van der Waals surface area contributed by atoms with Gasteiger partial charge in [0, 0.05) is 24.3 Å². The maximum atomic E-state index is 12.6. The second kappa shape index (κ2) is 6.38. The predicted octanol–water partition coefficient (Wildman–Crippen LogP) is 2.59. The first-order chi connectivity index (χ1) is 13.0. The average molecular weight is 357 g/mol. The second-order valence-electron chi connectivity index (χ2n) is 6.15. The number of aryl methyl sites for hydroxylation is 2. The molecule has 0 bridgehead atoms. The van der Waals surface area contributed by atoms with Crippen molar-refractivity contribution in [1.82, 2.24) is 24.5 Å². The van der Waals surface area contributed by atoms with Crippen molar-refractivity contribution in [2.75, 3.05) is 5.32 Å². The third-order valence-corrected chi connectivity index (χ3v) is 4.23. The van der Waals surface area contributed by atoms with E-state index in [1.54, 1.807) is 34.7 Å². The van der Waals surface area contributed by atoms with E-state index in [-0.39, 0.29) is 11.6 Å². The highest BCUT2D eigenvalue weighted by molar-refractivity contribution is 6.05. The van der Waals surface area contributed by atoms with Crippen molar-refractivity contribution in [2.24, 2.45) is 7.05 Å². The van der Waals surface area contributed by atoms with Crippen molar-refractivity contribution in [3.63, 3.8) is 0 Å². The molecule has 132 valence electrons. The second-order valence-corrected chi connectivity index (χ2v) is 6.15. The molecule has 4 rings (SSSR count). The van der Waals surface area contributed by atoms with Gasteiger partial charge in [-0.15, -0.1) is 0 Å². The molecule has 0 aliphatic heterocycles. The summed E-state index contributed by atoms with van der Waals surface area (Å²) >= 11 is 0. The largest absolute Gasteiger partial charge is 0.322 e. The molecule has 3 heterocycles. The summed E-state index contributed by atoms with van der Waals surface area (Å²) in [5.74, 6) is -0.281. The molecule has 0 aliphatic rings. The highest BCUT2D eigenvalue weighted by atomic mass is 16.1. The van der Waals surface area contributed by atoms with Gasteiger partial charge in [0.05, 0.1) is 29.7 Å². The summed E-state index contributed by atoms with van der Waals surface area (Å²) in [4.78, 5) is 16.6. The Labute approximate surface area is 154 Å². The number of nitriles is 1. The molecule has 3 aromatic heterocycles. The third-order valence-electron chi connectivity index (χ3n) is 4.23. The van der Waals surface area contributed by atoms with Gasteiger partial charge in [-0.05, 0) is 36.8 Å². The Morgan fingerprint density at radius 1 is 1.19 bits per heavy atom. The van der Waals surface area contributed by atoms with Gasteiger partial charge in [-0.1, -0.05) is 0 Å². The number of aromatic nitrogens is 5. The molecule has 1 amide bonds. The Morgan fingerprint density at radius 3 is 2.74 bits per heavy atom. The fourth-order valence-corrected chi connectivity index (χ4v) is 2.87. The molecule has 27 heavy (non-hydrogen) atoms. The number of rotatable bonds is 3. The van der Waals surface area contributed by atoms with E-state index in [1.165, 1.54) is 6.20 Å². The van der Waals surface area contributed by atoms with Crippen molar-refractivity contribution in [3.8, 4) is 11.8 Å². The van der Waals surface area contributed by atoms with Crippen LogP contribution in [0.4, 0.5) is 5.69 Å². The fraction of sp³-hybridized carbons (Fsp3) is 0.105. The van der Waals surface area contributed by atoms with Crippen molar-refractivity contribution >= 4 is 22.5 Å². The van der Waals surface area contributed by atoms with E-state index < -0.39 is 0 Å². The lowest BCUT2D eigenvalue weighted by atomic mass is 10.1. The van der Waals surface area contributed by atoms with Crippen LogP contribution in [0.15, 0.2) is 49.1 Å². The van der Waals surface area contributed by atoms with Gasteiger partial charge in [-0.25, -0.2) is 9.67 Å². The molecule has 0 radical (unpaired) electrons. The van der Waals surface area contributed by atoms with Crippen LogP contribution in [0, 0.1) is 18.3 Å². The molecule has 8 nitrogen and oxygen atoms in total. The summed E-state index contributed by atoms with van der Waals surface area (Å²) in [5.41, 5.74) is 3.74. The normalized spacial score (nSPS) is 10.7. The first kappa shape index (κ1) is 16.5. The zero-order chi connectivity index (χ0) is 19.0. The Hall–Kier alpha value is -3.99. The zero-order valence-corrected chi connectivity index (χ0v) is 14.7. The van der Waals surface area contributed by atoms with E-state index in [0.717, 1.165) is 16.6 Å². The SMILES string of the molecule is Cc1cc(C#N)ncc1C(=O)Nc1ccc2cnn(-c3cnn(C)c3)c2c1. The summed E-state index contributed by atoms with van der Waals surface area (Å²) in [6.45, 7) is 1.78. The number of hydrogen-bond donors (Lipinski definition) is 1. The highest BCUT2D eigenvalue weighted by Crippen LogP contribution is 2.22. The van der Waals surface area contributed by atoms with Crippen molar-refractivity contribution in [3.05, 3.63) is 65.9 Å². The summed E-state index contributed by atoms with van der Waals surface area (Å²) in [5, 5.41) is 21.3. The number of anilines is 1. The van der Waals surface area contributed by atoms with Crippen LogP contribution in [0.3, 0.4) is 0 Å². The molecule has 0 saturated heterocycles. The summed E-state index contributed by atoms with van der Waals surface area (Å²) < 4.78 is 3.47. The van der Waals surface area contributed by atoms with Crippen LogP contribution >= 0.6 is 0 Å². The molecule has 8 heteroatoms. The molecule has 0 unspecified atom stereocenters. The number of hydrogen-bond acceptors (Lipinski definition) is 5. The Bertz CT molecular complexity index is 1210. The molecular formula is C19H15N7O. The number of carbonyl (C=O) groups is 1. The van der Waals surface area contributed by atoms with Crippen LogP contribution in [-0.2, 0) is 7.05 Å². The van der Waals surface area contributed by atoms with Crippen LogP contribution in [0.5, 0.6) is 0 Å². The maximum absolute atomic E-state index is 12.6. The lowest BCUT2D eigenvalue weighted by Crippen LogP contribution is -2.14. The maximum Gasteiger partial charge on any atom is 0.257 e. The van der Waals surface area contributed by atoms with Gasteiger partial charge in [0.25, 0.3) is 5.91 Å². The minimum Gasteiger partial charge on any atom is -0.322 e. The molecular weight excluding hydrogens is 342 g/mol. The third kappa shape index (κ3) is 3.02. The summed E-state index contributed by atoms with van der Waals surface area (Å²) in [7, 11) is 1.84. The van der Waals surface area contributed by atoms with E-state index in [9.17, 15) is 4.79 Å². The minimum atomic E-state index is -0.281. The molecule has 0 atom stereocenters. The zero-order valence-electron chi connectivity index (χ0n) is 14.7. The molecule has 0 fully saturated rings. The van der Waals surface area contributed by atoms with Crippen LogP contribution in [-0.4, -0.2) is 30.5 Å². The van der Waals surface area contributed by atoms with E-state index in [2.05, 4.69) is 20.5 Å². The quantitative estimate of drug-likeness (QED) is 0.607. The van der Waals surface area contributed by atoms with E-state index in [0.29, 0.717) is 16.8 Å². The number of benzene rings is 1. The van der Waals surface area contributed by atoms with Gasteiger partial charge in [0.2, 0.25) is 0 Å². The number of fused-ring (bicyclic) bond motifs is 1. The number of carbonyl (C=O) groups excluding carboxylic acids is 1. The summed E-state index contributed by atoms with van der Waals surface area (Å²) in [6.07, 6.45) is 6.78. The fourth-order valence-electron chi connectivity index (χ4n) is 2.87. The van der Waals surface area contributed by atoms with Gasteiger partial charge in [-0.3, -0.25) is 9.48 Å². The monoisotopic (exact) mass is 357 g/mol. The molecule has 0 aliphatic carbocycles. The van der Waals surface area contributed by atoms with E-state index in [4.69, 9.17) is 5.26 Å². The molecule has 1 aromatic carbocycles. The van der Waals surface area contributed by atoms with Crippen molar-refractivity contribution in [1.29, 1.82) is 5.26 Å². The molecule has 1 N–H and O–H groups in total. The lowest BCUT2D eigenvalue weighted by Gasteiger charge is -2.08. The number of amides is 1. The number of nitrogens with one attached hydrogen (secondary N) is 1. The number of pyridine rings is 1. The molecule has 0 saturated carbocycles. The Balaban J connectivity index is 1.66. The van der Waals surface area contributed by atoms with Crippen LogP contribution in [0.25, 0.3) is 16.6 Å². The molecule has 0 spiro atoms. The van der Waals surface area contributed by atoms with Gasteiger partial charge in [0.15, 0.2) is 0 Å². The van der Waals surface area contributed by atoms with Crippen molar-refractivity contribution in [2.45, 2.75) is 6.92 Å². The van der Waals surface area contributed by atoms with Gasteiger partial charge < -0.3 is 5.32 Å². The van der Waals surface area contributed by atoms with E-state index in [1.807, 2.05) is 37.5 Å². The van der Waals surface area contributed by atoms with Gasteiger partial charge in [0.1, 0.15) is 17.5 Å². The minimum absolute atomic E-state index is 0.281. The van der Waals surface area contributed by atoms with Crippen LogP contribution in [0.1, 0.15) is 21.6 Å². The highest BCUT2D eigenvalue weighted by Gasteiger charge is 2.13. The van der Waals surface area contributed by atoms with Crippen molar-refractivity contribution < 1.29 is 4.79 Å². The Kier molecular flexibility index (Phi) is 3.90. The predicted molar refractivity (Wildman–Crippen MR) is 99.5 cm³/mol. The van der Waals surface area contributed by atoms with Crippen LogP contribution in [0.2, 0.25) is 0 Å². The standard InChI is InChI=1S/C19H15N7O/c1-12-5-15(7-20)21-10-17(12)19(27)24-14-4-3-13-8-23-26(18(13)6-14)16-9-22-25(2)11-16/h3-6,8-11H,1-2H3,(H,24,27). The smallest absolute Gasteiger partial charge is 0.257 e.